The summed E-state index contributed by atoms with van der Waals surface area (Å²) in [5.74, 6) is -3.80. The second kappa shape index (κ2) is 5.98. The summed E-state index contributed by atoms with van der Waals surface area (Å²) in [5.41, 5.74) is -4.49. The van der Waals surface area contributed by atoms with E-state index in [2.05, 4.69) is 4.74 Å². The number of carbonyl (C=O) groups excluding carboxylic acids is 3. The predicted octanol–water partition coefficient (Wildman–Crippen LogP) is 1.12. The number of halogens is 3. The highest BCUT2D eigenvalue weighted by atomic mass is 19.4. The molecular weight excluding hydrogens is 305 g/mol. The second-order valence-electron chi connectivity index (χ2n) is 4.84. The number of nitrogens with zero attached hydrogens (tertiary/aromatic N) is 1. The lowest BCUT2D eigenvalue weighted by Crippen LogP contribution is -2.66. The van der Waals surface area contributed by atoms with E-state index in [1.807, 2.05) is 0 Å². The third-order valence-corrected chi connectivity index (χ3v) is 3.33. The van der Waals surface area contributed by atoms with Gasteiger partial charge in [-0.05, 0) is 13.3 Å². The topological polar surface area (TPSA) is 75.7 Å². The van der Waals surface area contributed by atoms with Crippen LogP contribution in [0.15, 0.2) is 11.3 Å². The van der Waals surface area contributed by atoms with E-state index in [4.69, 9.17) is 0 Å². The zero-order valence-corrected chi connectivity index (χ0v) is 12.6. The van der Waals surface area contributed by atoms with Crippen molar-refractivity contribution in [3.05, 3.63) is 11.3 Å². The van der Waals surface area contributed by atoms with Crippen LogP contribution in [0.4, 0.5) is 13.2 Å². The Morgan fingerprint density at radius 2 is 1.91 bits per heavy atom. The van der Waals surface area contributed by atoms with Crippen LogP contribution in [0.1, 0.15) is 27.2 Å². The first-order chi connectivity index (χ1) is 10.0. The molecule has 9 heteroatoms. The van der Waals surface area contributed by atoms with Crippen LogP contribution in [0.2, 0.25) is 0 Å². The Kier molecular flexibility index (Phi) is 4.89. The molecule has 0 bridgehead atoms. The molecule has 22 heavy (non-hydrogen) atoms. The molecule has 2 amide bonds. The molecule has 0 radical (unpaired) electrons. The zero-order chi connectivity index (χ0) is 17.3. The Labute approximate surface area is 125 Å². The van der Waals surface area contributed by atoms with Gasteiger partial charge < -0.3 is 15.0 Å². The molecule has 0 aliphatic carbocycles. The zero-order valence-electron chi connectivity index (χ0n) is 12.6. The number of amides is 2. The average molecular weight is 322 g/mol. The maximum absolute atomic E-state index is 13.7. The number of hydrogen-bond acceptors (Lipinski definition) is 4. The number of ether oxygens (including phenoxy) is 1. The minimum absolute atomic E-state index is 0.0113. The minimum Gasteiger partial charge on any atom is -0.466 e. The Bertz CT molecular complexity index is 542. The van der Waals surface area contributed by atoms with Gasteiger partial charge in [0, 0.05) is 19.2 Å². The van der Waals surface area contributed by atoms with Crippen LogP contribution in [0.25, 0.3) is 0 Å². The SMILES string of the molecule is CCCN1C(=O)[C@](NC(C)=O)(C(F)(F)F)C(C(=O)OC)=C1C. The summed E-state index contributed by atoms with van der Waals surface area (Å²) in [5, 5.41) is 1.62. The van der Waals surface area contributed by atoms with Crippen molar-refractivity contribution in [1.82, 2.24) is 10.2 Å². The number of nitrogens with one attached hydrogen (secondary N) is 1. The molecule has 1 aliphatic heterocycles. The number of rotatable bonds is 4. The van der Waals surface area contributed by atoms with Crippen LogP contribution in [-0.4, -0.2) is 48.1 Å². The quantitative estimate of drug-likeness (QED) is 0.787. The molecule has 0 saturated carbocycles. The van der Waals surface area contributed by atoms with Crippen LogP contribution in [0, 0.1) is 0 Å². The number of methoxy groups -OCH3 is 1. The highest BCUT2D eigenvalue weighted by molar-refractivity contribution is 6.10. The largest absolute Gasteiger partial charge is 0.466 e. The Morgan fingerprint density at radius 1 is 1.36 bits per heavy atom. The van der Waals surface area contributed by atoms with E-state index < -0.39 is 35.1 Å². The highest BCUT2D eigenvalue weighted by Gasteiger charge is 2.70. The molecule has 0 aromatic carbocycles. The fourth-order valence-corrected chi connectivity index (χ4v) is 2.48. The molecule has 0 saturated heterocycles. The van der Waals surface area contributed by atoms with Crippen molar-refractivity contribution in [2.75, 3.05) is 13.7 Å². The lowest BCUT2D eigenvalue weighted by molar-refractivity contribution is -0.195. The standard InChI is InChI=1S/C13H17F3N2O4/c1-5-6-18-7(2)9(10(20)22-4)12(11(18)21,13(14,15)16)17-8(3)19/h5-6H2,1-4H3,(H,17,19)/t12-/m0/s1. The molecule has 1 N–H and O–H groups in total. The Morgan fingerprint density at radius 3 is 2.27 bits per heavy atom. The fourth-order valence-electron chi connectivity index (χ4n) is 2.48. The number of hydrogen-bond donors (Lipinski definition) is 1. The molecular formula is C13H17F3N2O4. The van der Waals surface area contributed by atoms with E-state index in [9.17, 15) is 27.6 Å². The summed E-state index contributed by atoms with van der Waals surface area (Å²) in [7, 11) is 0.907. The summed E-state index contributed by atoms with van der Waals surface area (Å²) < 4.78 is 45.4. The van der Waals surface area contributed by atoms with E-state index >= 15 is 0 Å². The summed E-state index contributed by atoms with van der Waals surface area (Å²) in [6.45, 7) is 3.72. The molecule has 1 rings (SSSR count). The monoisotopic (exact) mass is 322 g/mol. The van der Waals surface area contributed by atoms with Crippen molar-refractivity contribution in [3.63, 3.8) is 0 Å². The van der Waals surface area contributed by atoms with E-state index in [0.717, 1.165) is 18.9 Å². The lowest BCUT2D eigenvalue weighted by atomic mass is 9.89. The summed E-state index contributed by atoms with van der Waals surface area (Å²) in [6, 6.07) is 0. The number of alkyl halides is 3. The highest BCUT2D eigenvalue weighted by Crippen LogP contribution is 2.45. The van der Waals surface area contributed by atoms with Gasteiger partial charge in [-0.1, -0.05) is 6.92 Å². The van der Waals surface area contributed by atoms with Gasteiger partial charge in [0.25, 0.3) is 5.91 Å². The van der Waals surface area contributed by atoms with Gasteiger partial charge >= 0.3 is 12.1 Å². The first kappa shape index (κ1) is 18.0. The van der Waals surface area contributed by atoms with Gasteiger partial charge in [-0.25, -0.2) is 4.79 Å². The molecule has 1 aliphatic rings. The molecule has 0 unspecified atom stereocenters. The van der Waals surface area contributed by atoms with Crippen molar-refractivity contribution < 1.29 is 32.3 Å². The van der Waals surface area contributed by atoms with E-state index in [1.54, 1.807) is 12.2 Å². The van der Waals surface area contributed by atoms with Crippen molar-refractivity contribution in [3.8, 4) is 0 Å². The van der Waals surface area contributed by atoms with Crippen LogP contribution in [0.5, 0.6) is 0 Å². The third kappa shape index (κ3) is 2.55. The van der Waals surface area contributed by atoms with Crippen molar-refractivity contribution in [2.24, 2.45) is 0 Å². The summed E-state index contributed by atoms with van der Waals surface area (Å²) >= 11 is 0. The van der Waals surface area contributed by atoms with Gasteiger partial charge in [0.05, 0.1) is 7.11 Å². The number of allylic oxidation sites excluding steroid dienone is 1. The van der Waals surface area contributed by atoms with Gasteiger partial charge in [-0.2, -0.15) is 13.2 Å². The van der Waals surface area contributed by atoms with E-state index in [1.165, 1.54) is 6.92 Å². The van der Waals surface area contributed by atoms with Crippen molar-refractivity contribution in [1.29, 1.82) is 0 Å². The normalized spacial score (nSPS) is 22.1. The number of carbonyl (C=O) groups is 3. The molecule has 6 nitrogen and oxygen atoms in total. The second-order valence-corrected chi connectivity index (χ2v) is 4.84. The summed E-state index contributed by atoms with van der Waals surface area (Å²) in [6.07, 6.45) is -4.81. The van der Waals surface area contributed by atoms with Gasteiger partial charge in [-0.3, -0.25) is 9.59 Å². The Balaban J connectivity index is 3.66. The third-order valence-electron chi connectivity index (χ3n) is 3.33. The smallest absolute Gasteiger partial charge is 0.425 e. The number of esters is 1. The van der Waals surface area contributed by atoms with Crippen LogP contribution in [0.3, 0.4) is 0 Å². The minimum atomic E-state index is -5.19. The van der Waals surface area contributed by atoms with Crippen LogP contribution >= 0.6 is 0 Å². The van der Waals surface area contributed by atoms with Gasteiger partial charge in [-0.15, -0.1) is 0 Å². The first-order valence-corrected chi connectivity index (χ1v) is 6.51. The van der Waals surface area contributed by atoms with Crippen LogP contribution in [-0.2, 0) is 19.1 Å². The molecule has 0 spiro atoms. The van der Waals surface area contributed by atoms with Gasteiger partial charge in [0.15, 0.2) is 0 Å². The fraction of sp³-hybridized carbons (Fsp3) is 0.615. The van der Waals surface area contributed by atoms with Crippen LogP contribution < -0.4 is 5.32 Å². The molecule has 1 atom stereocenters. The maximum Gasteiger partial charge on any atom is 0.425 e. The Hall–Kier alpha value is -2.06. The molecule has 0 aromatic rings. The lowest BCUT2D eigenvalue weighted by Gasteiger charge is -2.32. The average Bonchev–Trinajstić information content (AvgIpc) is 2.60. The molecule has 0 aromatic heterocycles. The van der Waals surface area contributed by atoms with Crippen molar-refractivity contribution >= 4 is 17.8 Å². The molecule has 124 valence electrons. The summed E-state index contributed by atoms with van der Waals surface area (Å²) in [4.78, 5) is 36.3. The van der Waals surface area contributed by atoms with Gasteiger partial charge in [0.2, 0.25) is 11.4 Å². The van der Waals surface area contributed by atoms with E-state index in [-0.39, 0.29) is 12.2 Å². The van der Waals surface area contributed by atoms with Crippen molar-refractivity contribution in [2.45, 2.75) is 38.9 Å². The predicted molar refractivity (Wildman–Crippen MR) is 69.3 cm³/mol. The molecule has 1 heterocycles. The maximum atomic E-state index is 13.7. The van der Waals surface area contributed by atoms with Gasteiger partial charge in [0.1, 0.15) is 5.57 Å². The van der Waals surface area contributed by atoms with E-state index in [0.29, 0.717) is 6.42 Å². The molecule has 0 fully saturated rings. The first-order valence-electron chi connectivity index (χ1n) is 6.51.